The first-order valence-corrected chi connectivity index (χ1v) is 10.8. The van der Waals surface area contributed by atoms with Gasteiger partial charge in [0.05, 0.1) is 6.04 Å². The molecule has 0 spiro atoms. The number of aromatic nitrogens is 1. The van der Waals surface area contributed by atoms with Crippen LogP contribution in [0.15, 0.2) is 79.1 Å². The standard InChI is InChI=1S/C26H28N2O3/c1-20(21-10-12-22(13-11-21)23-7-5-16-27-19-23)28-17-15-26(14-6-18-29,31-25(28)30)24-8-3-2-4-9-24/h2-5,7-13,16,19-20,29H,6,14-15,17-18H2,1H3/t20-,26?/m0/s1. The van der Waals surface area contributed by atoms with Crippen molar-refractivity contribution in [3.63, 3.8) is 0 Å². The van der Waals surface area contributed by atoms with E-state index in [0.29, 0.717) is 25.8 Å². The number of cyclic esters (lactones) is 1. The Bertz CT molecular complexity index is 992. The predicted molar refractivity (Wildman–Crippen MR) is 120 cm³/mol. The van der Waals surface area contributed by atoms with Gasteiger partial charge in [0.25, 0.3) is 0 Å². The Balaban J connectivity index is 1.51. The molecule has 160 valence electrons. The third-order valence-corrected chi connectivity index (χ3v) is 6.17. The molecule has 5 nitrogen and oxygen atoms in total. The number of nitrogens with zero attached hydrogens (tertiary/aromatic N) is 2. The Labute approximate surface area is 183 Å². The topological polar surface area (TPSA) is 62.7 Å². The molecule has 4 rings (SSSR count). The highest BCUT2D eigenvalue weighted by atomic mass is 16.6. The van der Waals surface area contributed by atoms with Gasteiger partial charge in [0.15, 0.2) is 0 Å². The fourth-order valence-electron chi connectivity index (χ4n) is 4.32. The molecule has 2 atom stereocenters. The largest absolute Gasteiger partial charge is 0.438 e. The zero-order valence-electron chi connectivity index (χ0n) is 17.8. The van der Waals surface area contributed by atoms with Crippen LogP contribution in [0.4, 0.5) is 4.79 Å². The summed E-state index contributed by atoms with van der Waals surface area (Å²) >= 11 is 0. The van der Waals surface area contributed by atoms with Gasteiger partial charge in [-0.15, -0.1) is 0 Å². The second-order valence-electron chi connectivity index (χ2n) is 8.04. The monoisotopic (exact) mass is 416 g/mol. The second-order valence-corrected chi connectivity index (χ2v) is 8.04. The van der Waals surface area contributed by atoms with Crippen molar-refractivity contribution in [2.24, 2.45) is 0 Å². The van der Waals surface area contributed by atoms with Gasteiger partial charge in [-0.05, 0) is 48.1 Å². The number of hydrogen-bond acceptors (Lipinski definition) is 4. The number of pyridine rings is 1. The van der Waals surface area contributed by atoms with Gasteiger partial charge in [-0.2, -0.15) is 0 Å². The van der Waals surface area contributed by atoms with Crippen molar-refractivity contribution in [1.82, 2.24) is 9.88 Å². The average molecular weight is 417 g/mol. The first-order chi connectivity index (χ1) is 15.1. The third kappa shape index (κ3) is 4.47. The number of carbonyl (C=O) groups is 1. The van der Waals surface area contributed by atoms with Crippen molar-refractivity contribution in [2.45, 2.75) is 37.8 Å². The summed E-state index contributed by atoms with van der Waals surface area (Å²) in [7, 11) is 0. The SMILES string of the molecule is C[C@@H](c1ccc(-c2cccnc2)cc1)N1CCC(CCCO)(c2ccccc2)OC1=O. The normalized spacial score (nSPS) is 19.7. The quantitative estimate of drug-likeness (QED) is 0.566. The Morgan fingerprint density at radius 1 is 1.06 bits per heavy atom. The van der Waals surface area contributed by atoms with Gasteiger partial charge < -0.3 is 14.7 Å². The molecule has 1 aliphatic rings. The molecule has 0 saturated carbocycles. The van der Waals surface area contributed by atoms with Crippen molar-refractivity contribution in [2.75, 3.05) is 13.2 Å². The number of carbonyl (C=O) groups excluding carboxylic acids is 1. The first kappa shape index (κ1) is 21.1. The predicted octanol–water partition coefficient (Wildman–Crippen LogP) is 5.32. The van der Waals surface area contributed by atoms with Crippen molar-refractivity contribution in [3.8, 4) is 11.1 Å². The van der Waals surface area contributed by atoms with Crippen molar-refractivity contribution in [1.29, 1.82) is 0 Å². The zero-order chi connectivity index (χ0) is 21.7. The number of hydrogen-bond donors (Lipinski definition) is 1. The molecule has 1 fully saturated rings. The van der Waals surface area contributed by atoms with Crippen LogP contribution in [0.5, 0.6) is 0 Å². The minimum absolute atomic E-state index is 0.0789. The Morgan fingerprint density at radius 3 is 2.48 bits per heavy atom. The van der Waals surface area contributed by atoms with Crippen LogP contribution in [0, 0.1) is 0 Å². The summed E-state index contributed by atoms with van der Waals surface area (Å²) < 4.78 is 6.08. The number of ether oxygens (including phenoxy) is 1. The van der Waals surface area contributed by atoms with E-state index < -0.39 is 5.60 Å². The number of benzene rings is 2. The van der Waals surface area contributed by atoms with Crippen molar-refractivity contribution in [3.05, 3.63) is 90.3 Å². The lowest BCUT2D eigenvalue weighted by Crippen LogP contribution is -2.48. The maximum absolute atomic E-state index is 13.1. The van der Waals surface area contributed by atoms with Crippen LogP contribution in [-0.4, -0.2) is 34.2 Å². The highest BCUT2D eigenvalue weighted by Gasteiger charge is 2.43. The highest BCUT2D eigenvalue weighted by Crippen LogP contribution is 2.40. The smallest absolute Gasteiger partial charge is 0.411 e. The lowest BCUT2D eigenvalue weighted by molar-refractivity contribution is -0.0680. The van der Waals surface area contributed by atoms with E-state index in [1.54, 1.807) is 11.1 Å². The summed E-state index contributed by atoms with van der Waals surface area (Å²) in [5.74, 6) is 0. The third-order valence-electron chi connectivity index (χ3n) is 6.17. The average Bonchev–Trinajstić information content (AvgIpc) is 2.83. The molecule has 3 aromatic rings. The molecule has 0 bridgehead atoms. The molecule has 1 unspecified atom stereocenters. The fraction of sp³-hybridized carbons (Fsp3) is 0.308. The van der Waals surface area contributed by atoms with Crippen molar-refractivity contribution < 1.29 is 14.6 Å². The van der Waals surface area contributed by atoms with E-state index in [-0.39, 0.29) is 18.7 Å². The second kappa shape index (κ2) is 9.31. The molecular weight excluding hydrogens is 388 g/mol. The van der Waals surface area contributed by atoms with E-state index in [0.717, 1.165) is 22.3 Å². The maximum Gasteiger partial charge on any atom is 0.411 e. The van der Waals surface area contributed by atoms with E-state index in [1.807, 2.05) is 55.6 Å². The van der Waals surface area contributed by atoms with Crippen molar-refractivity contribution >= 4 is 6.09 Å². The fourth-order valence-corrected chi connectivity index (χ4v) is 4.32. The minimum atomic E-state index is -0.679. The van der Waals surface area contributed by atoms with Gasteiger partial charge >= 0.3 is 6.09 Å². The molecule has 1 N–H and O–H groups in total. The summed E-state index contributed by atoms with van der Waals surface area (Å²) in [4.78, 5) is 19.1. The molecule has 0 aliphatic carbocycles. The van der Waals surface area contributed by atoms with Crippen LogP contribution in [0.1, 0.15) is 43.4 Å². The minimum Gasteiger partial charge on any atom is -0.438 e. The van der Waals surface area contributed by atoms with E-state index in [9.17, 15) is 9.90 Å². The lowest BCUT2D eigenvalue weighted by Gasteiger charge is -2.43. The Kier molecular flexibility index (Phi) is 6.33. The number of amides is 1. The van der Waals surface area contributed by atoms with Gasteiger partial charge in [-0.1, -0.05) is 60.7 Å². The summed E-state index contributed by atoms with van der Waals surface area (Å²) in [6.45, 7) is 2.71. The molecule has 1 aliphatic heterocycles. The maximum atomic E-state index is 13.1. The lowest BCUT2D eigenvalue weighted by atomic mass is 9.84. The van der Waals surface area contributed by atoms with Crippen LogP contribution in [0.25, 0.3) is 11.1 Å². The van der Waals surface area contributed by atoms with E-state index >= 15 is 0 Å². The van der Waals surface area contributed by atoms with Crippen LogP contribution >= 0.6 is 0 Å². The number of aliphatic hydroxyl groups is 1. The molecule has 31 heavy (non-hydrogen) atoms. The molecule has 0 radical (unpaired) electrons. The number of aliphatic hydroxyl groups excluding tert-OH is 1. The highest BCUT2D eigenvalue weighted by molar-refractivity contribution is 5.70. The van der Waals surface area contributed by atoms with Gasteiger partial charge in [-0.3, -0.25) is 4.98 Å². The van der Waals surface area contributed by atoms with Gasteiger partial charge in [0, 0.05) is 32.0 Å². The van der Waals surface area contributed by atoms with Gasteiger partial charge in [0.1, 0.15) is 5.60 Å². The molecule has 5 heteroatoms. The zero-order valence-corrected chi connectivity index (χ0v) is 17.8. The van der Waals surface area contributed by atoms with E-state index in [2.05, 4.69) is 29.2 Å². The Morgan fingerprint density at radius 2 is 1.84 bits per heavy atom. The first-order valence-electron chi connectivity index (χ1n) is 10.8. The van der Waals surface area contributed by atoms with Crippen LogP contribution in [0.2, 0.25) is 0 Å². The summed E-state index contributed by atoms with van der Waals surface area (Å²) in [6.07, 6.45) is 5.20. The van der Waals surface area contributed by atoms with E-state index in [1.165, 1.54) is 0 Å². The van der Waals surface area contributed by atoms with Gasteiger partial charge in [-0.25, -0.2) is 4.79 Å². The molecule has 1 aromatic heterocycles. The molecule has 2 aromatic carbocycles. The Hall–Kier alpha value is -3.18. The van der Waals surface area contributed by atoms with Crippen LogP contribution < -0.4 is 0 Å². The molecule has 1 amide bonds. The van der Waals surface area contributed by atoms with Gasteiger partial charge in [0.2, 0.25) is 0 Å². The van der Waals surface area contributed by atoms with E-state index in [4.69, 9.17) is 4.74 Å². The molecule has 2 heterocycles. The van der Waals surface area contributed by atoms with Crippen LogP contribution in [-0.2, 0) is 10.3 Å². The molecule has 1 saturated heterocycles. The van der Waals surface area contributed by atoms with Crippen LogP contribution in [0.3, 0.4) is 0 Å². The number of rotatable bonds is 7. The molecular formula is C26H28N2O3. The summed E-state index contributed by atoms with van der Waals surface area (Å²) in [5.41, 5.74) is 3.53. The summed E-state index contributed by atoms with van der Waals surface area (Å²) in [6, 6.07) is 22.0. The summed E-state index contributed by atoms with van der Waals surface area (Å²) in [5, 5.41) is 9.36.